The fraction of sp³-hybridized carbons (Fsp3) is 0.278. The average Bonchev–Trinajstić information content (AvgIpc) is 3.07. The number of nitrogens with one attached hydrogen (secondary N) is 1. The summed E-state index contributed by atoms with van der Waals surface area (Å²) >= 11 is 9.59. The van der Waals surface area contributed by atoms with Crippen LogP contribution in [0.25, 0.3) is 0 Å². The van der Waals surface area contributed by atoms with E-state index in [-0.39, 0.29) is 29.8 Å². The number of carbonyl (C=O) groups excluding carboxylic acids is 2. The normalized spacial score (nSPS) is 14.3. The first-order valence-electron chi connectivity index (χ1n) is 15.4. The number of hydrogen-bond donors (Lipinski definition) is 1. The highest BCUT2D eigenvalue weighted by atomic mass is 79.9. The number of amides is 2. The maximum atomic E-state index is 14.6. The second-order valence-electron chi connectivity index (χ2n) is 11.5. The third-order valence-corrected chi connectivity index (χ3v) is 10.8. The molecule has 1 atom stereocenters. The lowest BCUT2D eigenvalue weighted by molar-refractivity contribution is -0.140. The van der Waals surface area contributed by atoms with Gasteiger partial charge in [0.25, 0.3) is 10.0 Å². The van der Waals surface area contributed by atoms with Crippen molar-refractivity contribution in [1.29, 1.82) is 0 Å². The number of carbonyl (C=O) groups is 2. The standard InChI is InChI=1S/C36H37BrClN3O4S/c37-29-18-22-32(23-19-29)41(46(44,45)33-14-8-3-9-15-33)26-35(42)40(25-28-16-20-30(38)21-17-28)34(24-27-10-4-1-5-11-27)36(43)39-31-12-6-2-7-13-31/h1,3-5,8-11,14-23,31,34H,2,6-7,12-13,24-26H2,(H,39,43). The first-order chi connectivity index (χ1) is 22.2. The lowest BCUT2D eigenvalue weighted by Crippen LogP contribution is -2.55. The molecule has 1 N–H and O–H groups in total. The molecule has 0 saturated heterocycles. The van der Waals surface area contributed by atoms with Crippen LogP contribution in [0.1, 0.15) is 43.2 Å². The summed E-state index contributed by atoms with van der Waals surface area (Å²) in [4.78, 5) is 30.3. The van der Waals surface area contributed by atoms with Gasteiger partial charge in [0.2, 0.25) is 11.8 Å². The first kappa shape index (κ1) is 33.7. The molecule has 0 aromatic heterocycles. The Kier molecular flexibility index (Phi) is 11.5. The highest BCUT2D eigenvalue weighted by Crippen LogP contribution is 2.27. The van der Waals surface area contributed by atoms with Gasteiger partial charge in [-0.25, -0.2) is 8.42 Å². The number of nitrogens with zero attached hydrogens (tertiary/aromatic N) is 2. The highest BCUT2D eigenvalue weighted by molar-refractivity contribution is 9.10. The van der Waals surface area contributed by atoms with Crippen molar-refractivity contribution in [2.75, 3.05) is 10.8 Å². The van der Waals surface area contributed by atoms with Crippen molar-refractivity contribution < 1.29 is 18.0 Å². The van der Waals surface area contributed by atoms with Crippen molar-refractivity contribution in [3.05, 3.63) is 130 Å². The van der Waals surface area contributed by atoms with E-state index in [4.69, 9.17) is 11.6 Å². The third-order valence-electron chi connectivity index (χ3n) is 8.21. The van der Waals surface area contributed by atoms with Gasteiger partial charge in [-0.2, -0.15) is 0 Å². The van der Waals surface area contributed by atoms with E-state index in [9.17, 15) is 18.0 Å². The number of halogens is 2. The van der Waals surface area contributed by atoms with Crippen molar-refractivity contribution in [3.8, 4) is 0 Å². The van der Waals surface area contributed by atoms with Gasteiger partial charge in [0.15, 0.2) is 0 Å². The smallest absolute Gasteiger partial charge is 0.264 e. The average molecular weight is 723 g/mol. The Bertz CT molecular complexity index is 1700. The van der Waals surface area contributed by atoms with Gasteiger partial charge in [-0.1, -0.05) is 107 Å². The van der Waals surface area contributed by atoms with Crippen LogP contribution in [0.4, 0.5) is 5.69 Å². The second-order valence-corrected chi connectivity index (χ2v) is 14.7. The van der Waals surface area contributed by atoms with E-state index < -0.39 is 28.5 Å². The van der Waals surface area contributed by atoms with Gasteiger partial charge in [0.1, 0.15) is 12.6 Å². The molecule has 0 spiro atoms. The van der Waals surface area contributed by atoms with Gasteiger partial charge >= 0.3 is 0 Å². The second kappa shape index (κ2) is 15.8. The molecule has 7 nitrogen and oxygen atoms in total. The molecule has 4 aromatic rings. The number of sulfonamides is 1. The Hall–Kier alpha value is -3.66. The maximum absolute atomic E-state index is 14.6. The van der Waals surface area contributed by atoms with E-state index in [0.29, 0.717) is 10.7 Å². The molecule has 240 valence electrons. The summed E-state index contributed by atoms with van der Waals surface area (Å²) in [5.41, 5.74) is 1.99. The molecule has 1 aliphatic rings. The Morgan fingerprint density at radius 3 is 2.04 bits per heavy atom. The van der Waals surface area contributed by atoms with E-state index >= 15 is 0 Å². The zero-order chi connectivity index (χ0) is 32.5. The van der Waals surface area contributed by atoms with Crippen molar-refractivity contribution >= 4 is 55.1 Å². The van der Waals surface area contributed by atoms with Gasteiger partial charge in [0, 0.05) is 28.5 Å². The summed E-state index contributed by atoms with van der Waals surface area (Å²) in [6, 6.07) is 30.6. The number of anilines is 1. The van der Waals surface area contributed by atoms with Crippen molar-refractivity contribution in [2.45, 2.75) is 62.0 Å². The summed E-state index contributed by atoms with van der Waals surface area (Å²) in [7, 11) is -4.15. The number of benzene rings is 4. The third kappa shape index (κ3) is 8.78. The molecule has 0 aliphatic heterocycles. The molecule has 1 unspecified atom stereocenters. The van der Waals surface area contributed by atoms with Crippen LogP contribution in [0.5, 0.6) is 0 Å². The van der Waals surface area contributed by atoms with E-state index in [1.165, 1.54) is 17.0 Å². The molecule has 5 rings (SSSR count). The van der Waals surface area contributed by atoms with Crippen LogP contribution in [0.3, 0.4) is 0 Å². The number of rotatable bonds is 12. The molecule has 46 heavy (non-hydrogen) atoms. The summed E-state index contributed by atoms with van der Waals surface area (Å²) in [5, 5.41) is 3.77. The van der Waals surface area contributed by atoms with Crippen LogP contribution < -0.4 is 9.62 Å². The minimum absolute atomic E-state index is 0.0322. The van der Waals surface area contributed by atoms with Gasteiger partial charge in [-0.05, 0) is 72.5 Å². The molecule has 1 saturated carbocycles. The van der Waals surface area contributed by atoms with Crippen LogP contribution in [-0.2, 0) is 32.6 Å². The quantitative estimate of drug-likeness (QED) is 0.165. The largest absolute Gasteiger partial charge is 0.352 e. The van der Waals surface area contributed by atoms with Crippen molar-refractivity contribution in [3.63, 3.8) is 0 Å². The Morgan fingerprint density at radius 2 is 1.41 bits per heavy atom. The highest BCUT2D eigenvalue weighted by Gasteiger charge is 2.35. The monoisotopic (exact) mass is 721 g/mol. The first-order valence-corrected chi connectivity index (χ1v) is 18.0. The fourth-order valence-electron chi connectivity index (χ4n) is 5.74. The summed E-state index contributed by atoms with van der Waals surface area (Å²) in [5.74, 6) is -0.753. The summed E-state index contributed by atoms with van der Waals surface area (Å²) in [6.07, 6.45) is 5.27. The topological polar surface area (TPSA) is 86.8 Å². The minimum atomic E-state index is -4.15. The molecule has 10 heteroatoms. The molecule has 0 bridgehead atoms. The Labute approximate surface area is 284 Å². The Morgan fingerprint density at radius 1 is 0.804 bits per heavy atom. The lowest BCUT2D eigenvalue weighted by atomic mass is 9.94. The predicted octanol–water partition coefficient (Wildman–Crippen LogP) is 7.39. The lowest BCUT2D eigenvalue weighted by Gasteiger charge is -2.35. The van der Waals surface area contributed by atoms with Crippen LogP contribution in [-0.4, -0.2) is 43.8 Å². The molecule has 2 amide bonds. The minimum Gasteiger partial charge on any atom is -0.352 e. The van der Waals surface area contributed by atoms with Crippen molar-refractivity contribution in [2.24, 2.45) is 0 Å². The maximum Gasteiger partial charge on any atom is 0.264 e. The SMILES string of the molecule is O=C(NC1CCCCC1)C(Cc1ccccc1)N(Cc1ccc(Cl)cc1)C(=O)CN(c1ccc(Br)cc1)S(=O)(=O)c1ccccc1. The summed E-state index contributed by atoms with van der Waals surface area (Å²) in [6.45, 7) is -0.417. The van der Waals surface area contributed by atoms with Gasteiger partial charge < -0.3 is 10.2 Å². The zero-order valence-corrected chi connectivity index (χ0v) is 28.6. The van der Waals surface area contributed by atoms with Crippen LogP contribution >= 0.6 is 27.5 Å². The molecular weight excluding hydrogens is 686 g/mol. The molecule has 0 radical (unpaired) electrons. The van der Waals surface area contributed by atoms with Crippen molar-refractivity contribution in [1.82, 2.24) is 10.2 Å². The summed E-state index contributed by atoms with van der Waals surface area (Å²) < 4.78 is 30.0. The van der Waals surface area contributed by atoms with E-state index in [1.54, 1.807) is 54.6 Å². The van der Waals surface area contributed by atoms with Gasteiger partial charge in [0.05, 0.1) is 10.6 Å². The zero-order valence-electron chi connectivity index (χ0n) is 25.4. The number of hydrogen-bond acceptors (Lipinski definition) is 4. The van der Waals surface area contributed by atoms with Crippen LogP contribution in [0, 0.1) is 0 Å². The van der Waals surface area contributed by atoms with E-state index in [0.717, 1.165) is 52.0 Å². The molecule has 1 aliphatic carbocycles. The van der Waals surface area contributed by atoms with Crippen LogP contribution in [0.2, 0.25) is 5.02 Å². The Balaban J connectivity index is 1.55. The molecule has 0 heterocycles. The molecule has 4 aromatic carbocycles. The predicted molar refractivity (Wildman–Crippen MR) is 186 cm³/mol. The van der Waals surface area contributed by atoms with Gasteiger partial charge in [-0.3, -0.25) is 13.9 Å². The van der Waals surface area contributed by atoms with E-state index in [1.807, 2.05) is 42.5 Å². The fourth-order valence-corrected chi connectivity index (χ4v) is 7.57. The van der Waals surface area contributed by atoms with Crippen LogP contribution in [0.15, 0.2) is 119 Å². The molecule has 1 fully saturated rings. The van der Waals surface area contributed by atoms with Gasteiger partial charge in [-0.15, -0.1) is 0 Å². The molecular formula is C36H37BrClN3O4S. The van der Waals surface area contributed by atoms with E-state index in [2.05, 4.69) is 21.2 Å².